The highest BCUT2D eigenvalue weighted by molar-refractivity contribution is 6.29. The molecule has 0 bridgehead atoms. The Balaban J connectivity index is 2.53. The van der Waals surface area contributed by atoms with Crippen molar-refractivity contribution in [3.8, 4) is 0 Å². The van der Waals surface area contributed by atoms with Crippen LogP contribution >= 0.6 is 11.6 Å². The molecule has 0 saturated carbocycles. The van der Waals surface area contributed by atoms with Gasteiger partial charge in [-0.2, -0.15) is 0 Å². The maximum Gasteiger partial charge on any atom is 0.311 e. The van der Waals surface area contributed by atoms with Crippen molar-refractivity contribution in [1.29, 1.82) is 0 Å². The molecule has 1 aromatic rings. The number of carbonyl (C=O) groups excluding carboxylic acids is 1. The Morgan fingerprint density at radius 2 is 2.22 bits per heavy atom. The van der Waals surface area contributed by atoms with Crippen LogP contribution in [0.2, 0.25) is 5.15 Å². The van der Waals surface area contributed by atoms with E-state index in [1.54, 1.807) is 0 Å². The number of primary amides is 1. The fourth-order valence-electron chi connectivity index (χ4n) is 1.34. The first-order valence-corrected chi connectivity index (χ1v) is 5.71. The minimum Gasteiger partial charge on any atom is -0.370 e. The third kappa shape index (κ3) is 4.54. The molecule has 1 amide bonds. The van der Waals surface area contributed by atoms with Crippen LogP contribution in [0.5, 0.6) is 0 Å². The van der Waals surface area contributed by atoms with Gasteiger partial charge in [-0.05, 0) is 18.9 Å². The summed E-state index contributed by atoms with van der Waals surface area (Å²) < 4.78 is 0. The zero-order valence-corrected chi connectivity index (χ0v) is 10.3. The molecule has 7 nitrogen and oxygen atoms in total. The van der Waals surface area contributed by atoms with Crippen molar-refractivity contribution >= 4 is 29.0 Å². The summed E-state index contributed by atoms with van der Waals surface area (Å²) in [7, 11) is 0. The number of nitrogens with two attached hydrogens (primary N) is 1. The normalized spacial score (nSPS) is 10.1. The van der Waals surface area contributed by atoms with Crippen molar-refractivity contribution in [2.45, 2.75) is 19.3 Å². The molecular formula is C10H13ClN4O3. The molecular weight excluding hydrogens is 260 g/mol. The van der Waals surface area contributed by atoms with E-state index in [1.165, 1.54) is 12.1 Å². The Hall–Kier alpha value is -1.89. The topological polar surface area (TPSA) is 111 Å². The van der Waals surface area contributed by atoms with Gasteiger partial charge in [0.1, 0.15) is 5.15 Å². The number of aromatic nitrogens is 1. The number of hydrogen-bond acceptors (Lipinski definition) is 5. The summed E-state index contributed by atoms with van der Waals surface area (Å²) in [6, 6.07) is 2.65. The Morgan fingerprint density at radius 1 is 1.50 bits per heavy atom. The smallest absolute Gasteiger partial charge is 0.311 e. The highest BCUT2D eigenvalue weighted by Gasteiger charge is 2.14. The SMILES string of the molecule is NC(=O)CCCCNc1nc(Cl)ccc1[N+](=O)[O-]. The number of nitrogens with zero attached hydrogens (tertiary/aromatic N) is 2. The molecule has 0 aliphatic carbocycles. The number of hydrogen-bond donors (Lipinski definition) is 2. The van der Waals surface area contributed by atoms with E-state index in [2.05, 4.69) is 10.3 Å². The molecule has 0 aliphatic rings. The zero-order chi connectivity index (χ0) is 13.5. The number of carbonyl (C=O) groups is 1. The number of anilines is 1. The maximum atomic E-state index is 10.7. The Morgan fingerprint density at radius 3 is 2.83 bits per heavy atom. The molecule has 1 heterocycles. The van der Waals surface area contributed by atoms with Crippen LogP contribution in [-0.4, -0.2) is 22.4 Å². The molecule has 98 valence electrons. The fourth-order valence-corrected chi connectivity index (χ4v) is 1.48. The lowest BCUT2D eigenvalue weighted by molar-refractivity contribution is -0.384. The first-order valence-electron chi connectivity index (χ1n) is 5.34. The molecule has 0 unspecified atom stereocenters. The Bertz CT molecular complexity index is 453. The first kappa shape index (κ1) is 14.2. The summed E-state index contributed by atoms with van der Waals surface area (Å²) in [4.78, 5) is 24.6. The van der Waals surface area contributed by atoms with Gasteiger partial charge in [0.05, 0.1) is 4.92 Å². The van der Waals surface area contributed by atoms with Crippen LogP contribution in [0.15, 0.2) is 12.1 Å². The minimum absolute atomic E-state index is 0.130. The second kappa shape index (κ2) is 6.75. The minimum atomic E-state index is -0.533. The van der Waals surface area contributed by atoms with Gasteiger partial charge in [-0.25, -0.2) is 4.98 Å². The van der Waals surface area contributed by atoms with Crippen molar-refractivity contribution in [3.05, 3.63) is 27.4 Å². The molecule has 1 aromatic heterocycles. The standard InChI is InChI=1S/C10H13ClN4O3/c11-8-5-4-7(15(17)18)10(14-8)13-6-2-1-3-9(12)16/h4-5H,1-3,6H2,(H2,12,16)(H,13,14). The first-order chi connectivity index (χ1) is 8.50. The summed E-state index contributed by atoms with van der Waals surface area (Å²) in [6.07, 6.45) is 1.58. The lowest BCUT2D eigenvalue weighted by atomic mass is 10.2. The Kier molecular flexibility index (Phi) is 5.31. The molecule has 0 fully saturated rings. The summed E-state index contributed by atoms with van der Waals surface area (Å²) >= 11 is 5.67. The van der Waals surface area contributed by atoms with Gasteiger partial charge in [0.25, 0.3) is 0 Å². The molecule has 8 heteroatoms. The lowest BCUT2D eigenvalue weighted by Crippen LogP contribution is -2.11. The quantitative estimate of drug-likeness (QED) is 0.340. The molecule has 3 N–H and O–H groups in total. The highest BCUT2D eigenvalue weighted by atomic mass is 35.5. The number of halogens is 1. The van der Waals surface area contributed by atoms with E-state index in [-0.39, 0.29) is 22.6 Å². The molecule has 0 spiro atoms. The van der Waals surface area contributed by atoms with E-state index in [4.69, 9.17) is 17.3 Å². The van der Waals surface area contributed by atoms with E-state index in [0.717, 1.165) is 0 Å². The average Bonchev–Trinajstić information content (AvgIpc) is 2.27. The van der Waals surface area contributed by atoms with Crippen LogP contribution in [0.25, 0.3) is 0 Å². The van der Waals surface area contributed by atoms with Gasteiger partial charge in [0, 0.05) is 19.0 Å². The molecule has 0 aliphatic heterocycles. The number of rotatable bonds is 7. The van der Waals surface area contributed by atoms with Crippen molar-refractivity contribution in [3.63, 3.8) is 0 Å². The second-order valence-electron chi connectivity index (χ2n) is 3.61. The number of pyridine rings is 1. The molecule has 0 saturated heterocycles. The van der Waals surface area contributed by atoms with Gasteiger partial charge >= 0.3 is 5.69 Å². The van der Waals surface area contributed by atoms with E-state index in [9.17, 15) is 14.9 Å². The van der Waals surface area contributed by atoms with Crippen LogP contribution in [0.4, 0.5) is 11.5 Å². The van der Waals surface area contributed by atoms with Crippen molar-refractivity contribution < 1.29 is 9.72 Å². The van der Waals surface area contributed by atoms with Crippen molar-refractivity contribution in [1.82, 2.24) is 4.98 Å². The third-order valence-corrected chi connectivity index (χ3v) is 2.39. The van der Waals surface area contributed by atoms with E-state index < -0.39 is 4.92 Å². The largest absolute Gasteiger partial charge is 0.370 e. The number of amides is 1. The van der Waals surface area contributed by atoms with Gasteiger partial charge in [-0.3, -0.25) is 14.9 Å². The van der Waals surface area contributed by atoms with Gasteiger partial charge in [-0.15, -0.1) is 0 Å². The van der Waals surface area contributed by atoms with E-state index >= 15 is 0 Å². The van der Waals surface area contributed by atoms with Crippen molar-refractivity contribution in [2.75, 3.05) is 11.9 Å². The number of nitrogens with one attached hydrogen (secondary N) is 1. The highest BCUT2D eigenvalue weighted by Crippen LogP contribution is 2.23. The summed E-state index contributed by atoms with van der Waals surface area (Å²) in [5.74, 6) is -0.228. The van der Waals surface area contributed by atoms with E-state index in [1.807, 2.05) is 0 Å². The number of nitro groups is 1. The summed E-state index contributed by atoms with van der Waals surface area (Å²) in [5.41, 5.74) is 4.86. The van der Waals surface area contributed by atoms with E-state index in [0.29, 0.717) is 25.8 Å². The molecule has 0 radical (unpaired) electrons. The monoisotopic (exact) mass is 272 g/mol. The van der Waals surface area contributed by atoms with Gasteiger partial charge < -0.3 is 11.1 Å². The lowest BCUT2D eigenvalue weighted by Gasteiger charge is -2.05. The molecule has 18 heavy (non-hydrogen) atoms. The van der Waals surface area contributed by atoms with Crippen LogP contribution < -0.4 is 11.1 Å². The van der Waals surface area contributed by atoms with Crippen LogP contribution in [0, 0.1) is 10.1 Å². The van der Waals surface area contributed by atoms with Crippen LogP contribution in [0.1, 0.15) is 19.3 Å². The predicted molar refractivity (Wildman–Crippen MR) is 67.4 cm³/mol. The summed E-state index contributed by atoms with van der Waals surface area (Å²) in [5, 5.41) is 13.7. The molecule has 0 aromatic carbocycles. The van der Waals surface area contributed by atoms with Gasteiger partial charge in [0.2, 0.25) is 11.7 Å². The zero-order valence-electron chi connectivity index (χ0n) is 9.56. The van der Waals surface area contributed by atoms with Gasteiger partial charge in [-0.1, -0.05) is 11.6 Å². The number of unbranched alkanes of at least 4 members (excludes halogenated alkanes) is 1. The summed E-state index contributed by atoms with van der Waals surface area (Å²) in [6.45, 7) is 0.460. The third-order valence-electron chi connectivity index (χ3n) is 2.18. The van der Waals surface area contributed by atoms with Crippen molar-refractivity contribution in [2.24, 2.45) is 5.73 Å². The van der Waals surface area contributed by atoms with Crippen LogP contribution in [-0.2, 0) is 4.79 Å². The predicted octanol–water partition coefficient (Wildman–Crippen LogP) is 1.71. The molecule has 0 atom stereocenters. The average molecular weight is 273 g/mol. The maximum absolute atomic E-state index is 10.7. The second-order valence-corrected chi connectivity index (χ2v) is 4.00. The Labute approximate surface area is 108 Å². The van der Waals surface area contributed by atoms with Crippen LogP contribution in [0.3, 0.4) is 0 Å². The molecule has 1 rings (SSSR count). The fraction of sp³-hybridized carbons (Fsp3) is 0.400. The van der Waals surface area contributed by atoms with Gasteiger partial charge in [0.15, 0.2) is 0 Å².